The standard InChI is InChI=1S/C34H25N3/c1-35-30(22-23-36-31-14-6-2-10-26(31)27-11-3-7-15-32(27)36)24-18-20-25(21-19-24)37-33-16-8-4-12-28(33)29-13-5-9-17-34(29)37/h2-22H,1,23H2/b30-22-. The highest BCUT2D eigenvalue weighted by molar-refractivity contribution is 6.09. The summed E-state index contributed by atoms with van der Waals surface area (Å²) < 4.78 is 4.68. The van der Waals surface area contributed by atoms with E-state index in [0.717, 1.165) is 23.5 Å². The minimum absolute atomic E-state index is 0.719. The van der Waals surface area contributed by atoms with Gasteiger partial charge < -0.3 is 9.13 Å². The minimum atomic E-state index is 0.719. The Kier molecular flexibility index (Phi) is 5.00. The van der Waals surface area contributed by atoms with Crippen molar-refractivity contribution in [2.24, 2.45) is 4.99 Å². The number of allylic oxidation sites excluding steroid dienone is 1. The van der Waals surface area contributed by atoms with Gasteiger partial charge in [0.25, 0.3) is 0 Å². The fourth-order valence-electron chi connectivity index (χ4n) is 5.63. The normalized spacial score (nSPS) is 12.2. The molecule has 0 spiro atoms. The summed E-state index contributed by atoms with van der Waals surface area (Å²) in [7, 11) is 0. The maximum absolute atomic E-state index is 4.40. The molecule has 0 amide bonds. The van der Waals surface area contributed by atoms with Gasteiger partial charge in [0.05, 0.1) is 16.7 Å². The van der Waals surface area contributed by atoms with Gasteiger partial charge in [-0.2, -0.15) is 0 Å². The van der Waals surface area contributed by atoms with Crippen LogP contribution < -0.4 is 0 Å². The van der Waals surface area contributed by atoms with E-state index in [9.17, 15) is 0 Å². The summed E-state index contributed by atoms with van der Waals surface area (Å²) in [5.41, 5.74) is 7.94. The van der Waals surface area contributed by atoms with E-state index in [4.69, 9.17) is 0 Å². The van der Waals surface area contributed by atoms with Gasteiger partial charge in [-0.25, -0.2) is 0 Å². The number of benzene rings is 5. The molecule has 7 aromatic rings. The first-order chi connectivity index (χ1) is 18.3. The van der Waals surface area contributed by atoms with Gasteiger partial charge in [0, 0.05) is 44.8 Å². The van der Waals surface area contributed by atoms with E-state index in [2.05, 4.69) is 148 Å². The zero-order valence-corrected chi connectivity index (χ0v) is 20.4. The molecule has 0 radical (unpaired) electrons. The van der Waals surface area contributed by atoms with Gasteiger partial charge in [-0.3, -0.25) is 4.99 Å². The van der Waals surface area contributed by atoms with Crippen LogP contribution in [-0.4, -0.2) is 15.9 Å². The van der Waals surface area contributed by atoms with Crippen LogP contribution in [0.4, 0.5) is 0 Å². The number of hydrogen-bond acceptors (Lipinski definition) is 1. The zero-order valence-electron chi connectivity index (χ0n) is 20.4. The Morgan fingerprint density at radius 1 is 0.568 bits per heavy atom. The Hall–Kier alpha value is -4.89. The van der Waals surface area contributed by atoms with E-state index >= 15 is 0 Å². The first-order valence-electron chi connectivity index (χ1n) is 12.6. The molecule has 5 aromatic carbocycles. The van der Waals surface area contributed by atoms with Crippen molar-refractivity contribution in [3.63, 3.8) is 0 Å². The van der Waals surface area contributed by atoms with E-state index in [1.807, 2.05) is 0 Å². The van der Waals surface area contributed by atoms with E-state index in [-0.39, 0.29) is 0 Å². The van der Waals surface area contributed by atoms with Crippen molar-refractivity contribution in [2.75, 3.05) is 0 Å². The molecule has 0 aliphatic carbocycles. The molecule has 0 bridgehead atoms. The summed E-state index contributed by atoms with van der Waals surface area (Å²) in [6, 6.07) is 43.0. The van der Waals surface area contributed by atoms with Crippen LogP contribution in [0.25, 0.3) is 55.0 Å². The molecule has 0 saturated carbocycles. The lowest BCUT2D eigenvalue weighted by molar-refractivity contribution is 0.899. The van der Waals surface area contributed by atoms with Crippen LogP contribution >= 0.6 is 0 Å². The van der Waals surface area contributed by atoms with Crippen LogP contribution in [0.15, 0.2) is 132 Å². The fourth-order valence-corrected chi connectivity index (χ4v) is 5.63. The zero-order chi connectivity index (χ0) is 24.8. The lowest BCUT2D eigenvalue weighted by atomic mass is 10.1. The molecule has 0 atom stereocenters. The van der Waals surface area contributed by atoms with Gasteiger partial charge in [0.2, 0.25) is 0 Å². The second-order valence-corrected chi connectivity index (χ2v) is 9.31. The van der Waals surface area contributed by atoms with Crippen LogP contribution in [0, 0.1) is 0 Å². The van der Waals surface area contributed by atoms with Crippen molar-refractivity contribution in [3.05, 3.63) is 133 Å². The highest BCUT2D eigenvalue weighted by Crippen LogP contribution is 2.33. The Morgan fingerprint density at radius 3 is 1.49 bits per heavy atom. The molecule has 3 nitrogen and oxygen atoms in total. The summed E-state index contributed by atoms with van der Waals surface area (Å²) in [5.74, 6) is 0. The monoisotopic (exact) mass is 475 g/mol. The minimum Gasteiger partial charge on any atom is -0.336 e. The third kappa shape index (κ3) is 3.40. The maximum Gasteiger partial charge on any atom is 0.0672 e. The molecule has 37 heavy (non-hydrogen) atoms. The van der Waals surface area contributed by atoms with E-state index in [1.165, 1.54) is 43.6 Å². The highest BCUT2D eigenvalue weighted by Gasteiger charge is 2.12. The molecular weight excluding hydrogens is 450 g/mol. The third-order valence-electron chi connectivity index (χ3n) is 7.32. The second kappa shape index (κ2) is 8.65. The van der Waals surface area contributed by atoms with Gasteiger partial charge in [0.1, 0.15) is 0 Å². The maximum atomic E-state index is 4.40. The Balaban J connectivity index is 1.28. The number of aromatic nitrogens is 2. The van der Waals surface area contributed by atoms with Crippen molar-refractivity contribution in [2.45, 2.75) is 6.54 Å². The Labute approximate surface area is 215 Å². The number of para-hydroxylation sites is 4. The van der Waals surface area contributed by atoms with E-state index in [1.54, 1.807) is 0 Å². The first kappa shape index (κ1) is 21.4. The van der Waals surface area contributed by atoms with Gasteiger partial charge in [0.15, 0.2) is 0 Å². The molecule has 2 aromatic heterocycles. The molecule has 3 heteroatoms. The molecule has 0 N–H and O–H groups in total. The largest absolute Gasteiger partial charge is 0.336 e. The van der Waals surface area contributed by atoms with Gasteiger partial charge in [-0.15, -0.1) is 0 Å². The fraction of sp³-hybridized carbons (Fsp3) is 0.0294. The van der Waals surface area contributed by atoms with Gasteiger partial charge in [-0.05, 0) is 54.8 Å². The molecule has 0 saturated heterocycles. The van der Waals surface area contributed by atoms with Crippen molar-refractivity contribution in [1.82, 2.24) is 9.13 Å². The first-order valence-corrected chi connectivity index (χ1v) is 12.6. The Bertz CT molecular complexity index is 1860. The molecule has 0 fully saturated rings. The smallest absolute Gasteiger partial charge is 0.0672 e. The second-order valence-electron chi connectivity index (χ2n) is 9.31. The molecule has 176 valence electrons. The summed E-state index contributed by atoms with van der Waals surface area (Å²) in [6.45, 7) is 4.60. The van der Waals surface area contributed by atoms with Crippen LogP contribution in [-0.2, 0) is 6.54 Å². The van der Waals surface area contributed by atoms with E-state index < -0.39 is 0 Å². The van der Waals surface area contributed by atoms with Crippen LogP contribution in [0.2, 0.25) is 0 Å². The van der Waals surface area contributed by atoms with Crippen molar-refractivity contribution >= 4 is 56.0 Å². The summed E-state index contributed by atoms with van der Waals surface area (Å²) in [6.07, 6.45) is 2.17. The van der Waals surface area contributed by atoms with Crippen molar-refractivity contribution < 1.29 is 0 Å². The van der Waals surface area contributed by atoms with Crippen molar-refractivity contribution in [1.29, 1.82) is 0 Å². The molecule has 2 heterocycles. The SMILES string of the molecule is C=N/C(=C\Cn1c2ccccc2c2ccccc21)c1ccc(-n2c3ccccc3c3ccccc32)cc1. The number of hydrogen-bond donors (Lipinski definition) is 0. The number of fused-ring (bicyclic) bond motifs is 6. The molecular formula is C34H25N3. The summed E-state index contributed by atoms with van der Waals surface area (Å²) in [5, 5.41) is 5.08. The number of aliphatic imine (C=N–C) groups is 1. The molecule has 0 aliphatic rings. The highest BCUT2D eigenvalue weighted by atomic mass is 15.0. The average molecular weight is 476 g/mol. The lowest BCUT2D eigenvalue weighted by Crippen LogP contribution is -1.96. The summed E-state index contributed by atoms with van der Waals surface area (Å²) in [4.78, 5) is 4.40. The predicted molar refractivity (Wildman–Crippen MR) is 158 cm³/mol. The average Bonchev–Trinajstić information content (AvgIpc) is 3.47. The molecule has 0 aliphatic heterocycles. The lowest BCUT2D eigenvalue weighted by Gasteiger charge is -2.10. The number of rotatable bonds is 5. The molecule has 7 rings (SSSR count). The summed E-state index contributed by atoms with van der Waals surface area (Å²) >= 11 is 0. The third-order valence-corrected chi connectivity index (χ3v) is 7.32. The Morgan fingerprint density at radius 2 is 1.00 bits per heavy atom. The van der Waals surface area contributed by atoms with Crippen LogP contribution in [0.3, 0.4) is 0 Å². The van der Waals surface area contributed by atoms with Crippen LogP contribution in [0.1, 0.15) is 5.56 Å². The van der Waals surface area contributed by atoms with Crippen LogP contribution in [0.5, 0.6) is 0 Å². The molecule has 0 unspecified atom stereocenters. The van der Waals surface area contributed by atoms with Crippen molar-refractivity contribution in [3.8, 4) is 5.69 Å². The topological polar surface area (TPSA) is 22.2 Å². The van der Waals surface area contributed by atoms with E-state index in [0.29, 0.717) is 0 Å². The predicted octanol–water partition coefficient (Wildman–Crippen LogP) is 8.63. The quantitative estimate of drug-likeness (QED) is 0.222. The number of nitrogens with zero attached hydrogens (tertiary/aromatic N) is 3. The van der Waals surface area contributed by atoms with Gasteiger partial charge >= 0.3 is 0 Å². The van der Waals surface area contributed by atoms with Gasteiger partial charge in [-0.1, -0.05) is 84.9 Å².